The normalized spacial score (nSPS) is 10.0. The van der Waals surface area contributed by atoms with Crippen LogP contribution in [0, 0.1) is 0 Å². The van der Waals surface area contributed by atoms with Crippen molar-refractivity contribution in [2.75, 3.05) is 0 Å². The molecule has 0 amide bonds. The molecule has 1 aromatic heterocycles. The van der Waals surface area contributed by atoms with Crippen LogP contribution in [0.3, 0.4) is 0 Å². The van der Waals surface area contributed by atoms with Gasteiger partial charge in [-0.25, -0.2) is 0 Å². The monoisotopic (exact) mass is 188 g/mol. The number of rotatable bonds is 1. The SMILES string of the molecule is O=c1ccoc(-c2ccccc2)c1O. The maximum atomic E-state index is 11.1. The zero-order valence-corrected chi connectivity index (χ0v) is 7.31. The van der Waals surface area contributed by atoms with Crippen LogP contribution < -0.4 is 5.43 Å². The standard InChI is InChI=1S/C11H8O3/c12-9-6-7-14-11(10(9)13)8-4-2-1-3-5-8/h1-7,13H. The first-order valence-corrected chi connectivity index (χ1v) is 4.15. The Morgan fingerprint density at radius 3 is 2.50 bits per heavy atom. The molecule has 0 bridgehead atoms. The van der Waals surface area contributed by atoms with Crippen LogP contribution in [0.5, 0.6) is 5.75 Å². The van der Waals surface area contributed by atoms with Gasteiger partial charge in [0.1, 0.15) is 0 Å². The van der Waals surface area contributed by atoms with Crippen LogP contribution in [0.2, 0.25) is 0 Å². The summed E-state index contributed by atoms with van der Waals surface area (Å²) < 4.78 is 5.07. The summed E-state index contributed by atoms with van der Waals surface area (Å²) in [5, 5.41) is 9.44. The lowest BCUT2D eigenvalue weighted by Crippen LogP contribution is -1.97. The smallest absolute Gasteiger partial charge is 0.227 e. The maximum Gasteiger partial charge on any atom is 0.227 e. The highest BCUT2D eigenvalue weighted by Crippen LogP contribution is 2.24. The Morgan fingerprint density at radius 2 is 1.79 bits per heavy atom. The zero-order chi connectivity index (χ0) is 9.97. The van der Waals surface area contributed by atoms with E-state index in [9.17, 15) is 9.90 Å². The van der Waals surface area contributed by atoms with Gasteiger partial charge in [0.15, 0.2) is 5.76 Å². The molecule has 0 atom stereocenters. The minimum atomic E-state index is -0.435. The third-order valence-electron chi connectivity index (χ3n) is 1.89. The van der Waals surface area contributed by atoms with Crippen LogP contribution in [-0.4, -0.2) is 5.11 Å². The Kier molecular flexibility index (Phi) is 2.07. The second-order valence-electron chi connectivity index (χ2n) is 2.83. The van der Waals surface area contributed by atoms with Crippen LogP contribution in [-0.2, 0) is 0 Å². The van der Waals surface area contributed by atoms with E-state index in [1.54, 1.807) is 12.1 Å². The lowest BCUT2D eigenvalue weighted by molar-refractivity contribution is 0.438. The summed E-state index contributed by atoms with van der Waals surface area (Å²) in [7, 11) is 0. The lowest BCUT2D eigenvalue weighted by Gasteiger charge is -2.00. The van der Waals surface area contributed by atoms with E-state index in [0.717, 1.165) is 0 Å². The van der Waals surface area contributed by atoms with Crippen molar-refractivity contribution in [3.8, 4) is 17.1 Å². The Balaban J connectivity index is 2.64. The van der Waals surface area contributed by atoms with Crippen LogP contribution in [0.15, 0.2) is 51.9 Å². The Labute approximate surface area is 80.2 Å². The molecule has 0 aliphatic heterocycles. The van der Waals surface area contributed by atoms with Gasteiger partial charge < -0.3 is 9.52 Å². The second-order valence-corrected chi connectivity index (χ2v) is 2.83. The summed E-state index contributed by atoms with van der Waals surface area (Å²) in [5.41, 5.74) is 0.248. The molecule has 1 heterocycles. The molecule has 1 N–H and O–H groups in total. The van der Waals surface area contributed by atoms with Crippen molar-refractivity contribution in [1.82, 2.24) is 0 Å². The summed E-state index contributed by atoms with van der Waals surface area (Å²) in [6, 6.07) is 10.2. The number of aromatic hydroxyl groups is 1. The third-order valence-corrected chi connectivity index (χ3v) is 1.89. The Morgan fingerprint density at radius 1 is 1.07 bits per heavy atom. The van der Waals surface area contributed by atoms with Gasteiger partial charge in [-0.3, -0.25) is 4.79 Å². The van der Waals surface area contributed by atoms with E-state index < -0.39 is 5.43 Å². The predicted octanol–water partition coefficient (Wildman–Crippen LogP) is 2.01. The fourth-order valence-corrected chi connectivity index (χ4v) is 1.20. The van der Waals surface area contributed by atoms with Crippen molar-refractivity contribution in [1.29, 1.82) is 0 Å². The van der Waals surface area contributed by atoms with Gasteiger partial charge in [-0.2, -0.15) is 0 Å². The van der Waals surface area contributed by atoms with E-state index in [-0.39, 0.29) is 11.5 Å². The molecule has 0 aliphatic carbocycles. The molecule has 3 nitrogen and oxygen atoms in total. The molecule has 1 aromatic carbocycles. The number of hydrogen-bond donors (Lipinski definition) is 1. The van der Waals surface area contributed by atoms with E-state index in [4.69, 9.17) is 4.42 Å². The van der Waals surface area contributed by atoms with Crippen LogP contribution in [0.25, 0.3) is 11.3 Å². The molecule has 0 radical (unpaired) electrons. The summed E-state index contributed by atoms with van der Waals surface area (Å²) >= 11 is 0. The van der Waals surface area contributed by atoms with Crippen molar-refractivity contribution < 1.29 is 9.52 Å². The minimum absolute atomic E-state index is 0.207. The summed E-state index contributed by atoms with van der Waals surface area (Å²) in [6.07, 6.45) is 1.27. The Hall–Kier alpha value is -2.03. The largest absolute Gasteiger partial charge is 0.502 e. The van der Waals surface area contributed by atoms with Gasteiger partial charge in [-0.05, 0) is 0 Å². The molecular formula is C11H8O3. The van der Waals surface area contributed by atoms with Crippen LogP contribution in [0.4, 0.5) is 0 Å². The molecule has 3 heteroatoms. The molecule has 2 aromatic rings. The van der Waals surface area contributed by atoms with Gasteiger partial charge >= 0.3 is 0 Å². The van der Waals surface area contributed by atoms with Gasteiger partial charge in [0, 0.05) is 11.6 Å². The van der Waals surface area contributed by atoms with E-state index in [1.165, 1.54) is 12.3 Å². The molecule has 0 unspecified atom stereocenters. The summed E-state index contributed by atoms with van der Waals surface area (Å²) in [6.45, 7) is 0. The highest BCUT2D eigenvalue weighted by Gasteiger charge is 2.08. The fourth-order valence-electron chi connectivity index (χ4n) is 1.20. The van der Waals surface area contributed by atoms with Gasteiger partial charge in [-0.1, -0.05) is 30.3 Å². The average Bonchev–Trinajstić information content (AvgIpc) is 2.23. The quantitative estimate of drug-likeness (QED) is 0.744. The van der Waals surface area contributed by atoms with E-state index in [1.807, 2.05) is 18.2 Å². The molecule has 0 fully saturated rings. The second kappa shape index (κ2) is 3.38. The molecule has 0 saturated heterocycles. The molecule has 0 aliphatic rings. The topological polar surface area (TPSA) is 50.4 Å². The van der Waals surface area contributed by atoms with Crippen molar-refractivity contribution in [2.45, 2.75) is 0 Å². The molecule has 0 saturated carbocycles. The first kappa shape index (κ1) is 8.56. The van der Waals surface area contributed by atoms with Crippen molar-refractivity contribution in [3.05, 3.63) is 52.9 Å². The molecular weight excluding hydrogens is 180 g/mol. The minimum Gasteiger partial charge on any atom is -0.502 e. The Bertz CT molecular complexity index is 485. The van der Waals surface area contributed by atoms with Gasteiger partial charge in [-0.15, -0.1) is 0 Å². The van der Waals surface area contributed by atoms with Gasteiger partial charge in [0.2, 0.25) is 11.2 Å². The summed E-state index contributed by atoms with van der Waals surface area (Å²) in [5.74, 6) is -0.142. The van der Waals surface area contributed by atoms with E-state index >= 15 is 0 Å². The van der Waals surface area contributed by atoms with Crippen molar-refractivity contribution in [3.63, 3.8) is 0 Å². The molecule has 0 spiro atoms. The molecule has 70 valence electrons. The highest BCUT2D eigenvalue weighted by atomic mass is 16.4. The van der Waals surface area contributed by atoms with Crippen LogP contribution >= 0.6 is 0 Å². The number of benzene rings is 1. The maximum absolute atomic E-state index is 11.1. The highest BCUT2D eigenvalue weighted by molar-refractivity contribution is 5.63. The van der Waals surface area contributed by atoms with Gasteiger partial charge in [0.05, 0.1) is 6.26 Å². The van der Waals surface area contributed by atoms with E-state index in [0.29, 0.717) is 5.56 Å². The van der Waals surface area contributed by atoms with Crippen molar-refractivity contribution >= 4 is 0 Å². The first-order chi connectivity index (χ1) is 6.79. The molecule has 14 heavy (non-hydrogen) atoms. The first-order valence-electron chi connectivity index (χ1n) is 4.15. The predicted molar refractivity (Wildman–Crippen MR) is 52.1 cm³/mol. The third kappa shape index (κ3) is 1.40. The van der Waals surface area contributed by atoms with E-state index in [2.05, 4.69) is 0 Å². The molecule has 2 rings (SSSR count). The summed E-state index contributed by atoms with van der Waals surface area (Å²) in [4.78, 5) is 11.1. The van der Waals surface area contributed by atoms with Crippen molar-refractivity contribution in [2.24, 2.45) is 0 Å². The number of hydrogen-bond acceptors (Lipinski definition) is 3. The average molecular weight is 188 g/mol. The van der Waals surface area contributed by atoms with Crippen LogP contribution in [0.1, 0.15) is 0 Å². The lowest BCUT2D eigenvalue weighted by atomic mass is 10.1. The zero-order valence-electron chi connectivity index (χ0n) is 7.31. The van der Waals surface area contributed by atoms with Gasteiger partial charge in [0.25, 0.3) is 0 Å². The fraction of sp³-hybridized carbons (Fsp3) is 0.